The molecule has 9 N–H and O–H groups in total. The maximum atomic E-state index is 13.2. The third-order valence-electron chi connectivity index (χ3n) is 6.46. The smallest absolute Gasteiger partial charge is 0.403 e. The number of benzene rings is 1. The lowest BCUT2D eigenvalue weighted by Crippen LogP contribution is -2.55. The van der Waals surface area contributed by atoms with Crippen LogP contribution in [0.5, 0.6) is 5.75 Å². The number of ether oxygens (including phenoxy) is 1. The van der Waals surface area contributed by atoms with E-state index in [2.05, 4.69) is 21.0 Å². The molecule has 44 heavy (non-hydrogen) atoms. The fourth-order valence-corrected chi connectivity index (χ4v) is 5.07. The Balaban J connectivity index is 2.97. The van der Waals surface area contributed by atoms with Crippen LogP contribution in [-0.2, 0) is 39.5 Å². The number of hydrogen-bond donors (Lipinski definition) is 8. The summed E-state index contributed by atoms with van der Waals surface area (Å²) >= 11 is 0. The molecular weight excluding hydrogens is 601 g/mol. The molecule has 0 spiro atoms. The number of carbonyl (C=O) groups excluding carboxylic acids is 3. The Morgan fingerprint density at radius 2 is 1.64 bits per heavy atom. The minimum absolute atomic E-state index is 0.0850. The molecule has 1 aromatic carbocycles. The first-order valence-electron chi connectivity index (χ1n) is 14.2. The van der Waals surface area contributed by atoms with Crippen LogP contribution in [0.25, 0.3) is 0 Å². The second-order valence-electron chi connectivity index (χ2n) is 9.98. The van der Waals surface area contributed by atoms with Gasteiger partial charge in [-0.15, -0.1) is 0 Å². The van der Waals surface area contributed by atoms with Gasteiger partial charge in [0, 0.05) is 6.42 Å². The van der Waals surface area contributed by atoms with E-state index in [1.165, 1.54) is 19.1 Å². The highest BCUT2D eigenvalue weighted by Gasteiger charge is 2.34. The van der Waals surface area contributed by atoms with Crippen LogP contribution in [0.4, 0.5) is 0 Å². The van der Waals surface area contributed by atoms with Crippen molar-refractivity contribution in [1.82, 2.24) is 21.0 Å². The van der Waals surface area contributed by atoms with Crippen molar-refractivity contribution in [2.45, 2.75) is 71.0 Å². The lowest BCUT2D eigenvalue weighted by molar-refractivity contribution is -0.142. The Morgan fingerprint density at radius 3 is 2.18 bits per heavy atom. The minimum atomic E-state index is -4.33. The molecule has 1 aromatic rings. The monoisotopic (exact) mass is 645 g/mol. The van der Waals surface area contributed by atoms with E-state index in [-0.39, 0.29) is 25.2 Å². The van der Waals surface area contributed by atoms with Crippen molar-refractivity contribution in [3.8, 4) is 5.75 Å². The fraction of sp³-hybridized carbons (Fsp3) is 0.593. The molecule has 0 radical (unpaired) electrons. The Morgan fingerprint density at radius 1 is 0.977 bits per heavy atom. The summed E-state index contributed by atoms with van der Waals surface area (Å²) in [5, 5.41) is 27.8. The molecule has 0 aliphatic carbocycles. The molecule has 3 amide bonds. The number of carboxylic acid groups (broad SMARTS) is 2. The van der Waals surface area contributed by atoms with Gasteiger partial charge in [0.25, 0.3) is 5.91 Å². The van der Waals surface area contributed by atoms with Gasteiger partial charge in [-0.2, -0.15) is 0 Å². The minimum Gasteiger partial charge on any atom is -0.484 e. The van der Waals surface area contributed by atoms with Crippen molar-refractivity contribution in [2.24, 2.45) is 11.7 Å². The summed E-state index contributed by atoms with van der Waals surface area (Å²) in [6.45, 7) is 4.14. The predicted molar refractivity (Wildman–Crippen MR) is 159 cm³/mol. The number of nitrogens with one attached hydrogen (secondary N) is 4. The quantitative estimate of drug-likeness (QED) is 0.0617. The fourth-order valence-electron chi connectivity index (χ4n) is 3.92. The van der Waals surface area contributed by atoms with Crippen molar-refractivity contribution >= 4 is 37.4 Å². The zero-order chi connectivity index (χ0) is 33.3. The Kier molecular flexibility index (Phi) is 17.2. The van der Waals surface area contributed by atoms with Gasteiger partial charge in [0.2, 0.25) is 11.8 Å². The summed E-state index contributed by atoms with van der Waals surface area (Å²) < 4.78 is 22.6. The average Bonchev–Trinajstić information content (AvgIpc) is 2.96. The number of amides is 3. The van der Waals surface area contributed by atoms with Gasteiger partial charge in [-0.3, -0.25) is 23.7 Å². The van der Waals surface area contributed by atoms with E-state index in [1.807, 2.05) is 0 Å². The van der Waals surface area contributed by atoms with Crippen molar-refractivity contribution in [3.05, 3.63) is 29.8 Å². The molecule has 0 aromatic heterocycles. The molecule has 5 atom stereocenters. The second kappa shape index (κ2) is 19.7. The van der Waals surface area contributed by atoms with E-state index < -0.39 is 74.6 Å². The third-order valence-corrected chi connectivity index (χ3v) is 7.67. The zero-order valence-corrected chi connectivity index (χ0v) is 26.0. The molecule has 0 saturated carbocycles. The zero-order valence-electron chi connectivity index (χ0n) is 25.1. The number of carboxylic acids is 2. The van der Waals surface area contributed by atoms with E-state index in [0.717, 1.165) is 0 Å². The molecule has 0 fully saturated rings. The Bertz CT molecular complexity index is 1150. The lowest BCUT2D eigenvalue weighted by Gasteiger charge is -2.27. The van der Waals surface area contributed by atoms with E-state index in [1.54, 1.807) is 26.0 Å². The summed E-state index contributed by atoms with van der Waals surface area (Å²) in [5.74, 6) is -4.83. The third kappa shape index (κ3) is 14.8. The SMILES string of the molecule is CCOP(=O)(O)N[C@H](C(=O)NC(Cc1ccc(OCC(=O)NC(CCCCN)C(=O)O)cc1)C(=O)NCC(=O)O)[C@@H](C)CC. The summed E-state index contributed by atoms with van der Waals surface area (Å²) in [4.78, 5) is 70.7. The summed E-state index contributed by atoms with van der Waals surface area (Å²) in [6, 6.07) is 2.58. The van der Waals surface area contributed by atoms with E-state index >= 15 is 0 Å². The average molecular weight is 646 g/mol. The van der Waals surface area contributed by atoms with E-state index in [0.29, 0.717) is 31.4 Å². The van der Waals surface area contributed by atoms with Crippen LogP contribution in [0.3, 0.4) is 0 Å². The molecule has 1 rings (SSSR count). The largest absolute Gasteiger partial charge is 0.484 e. The topological polar surface area (TPSA) is 256 Å². The van der Waals surface area contributed by atoms with Crippen LogP contribution in [0.1, 0.15) is 52.0 Å². The first-order chi connectivity index (χ1) is 20.7. The summed E-state index contributed by atoms with van der Waals surface area (Å²) in [6.07, 6.45) is 1.75. The van der Waals surface area contributed by atoms with Crippen LogP contribution in [0.2, 0.25) is 0 Å². The molecule has 0 aliphatic rings. The van der Waals surface area contributed by atoms with Gasteiger partial charge in [-0.1, -0.05) is 32.4 Å². The van der Waals surface area contributed by atoms with Crippen LogP contribution >= 0.6 is 7.75 Å². The Labute approximate surface area is 256 Å². The molecule has 0 saturated heterocycles. The van der Waals surface area contributed by atoms with Crippen molar-refractivity contribution in [3.63, 3.8) is 0 Å². The van der Waals surface area contributed by atoms with Crippen LogP contribution in [0.15, 0.2) is 24.3 Å². The number of unbranched alkanes of at least 4 members (excludes halogenated alkanes) is 1. The number of nitrogens with two attached hydrogens (primary N) is 1. The van der Waals surface area contributed by atoms with Gasteiger partial charge in [0.05, 0.1) is 12.6 Å². The van der Waals surface area contributed by atoms with Gasteiger partial charge >= 0.3 is 19.7 Å². The highest BCUT2D eigenvalue weighted by molar-refractivity contribution is 7.50. The summed E-state index contributed by atoms with van der Waals surface area (Å²) in [7, 11) is -4.33. The van der Waals surface area contributed by atoms with Crippen LogP contribution in [0, 0.1) is 5.92 Å². The van der Waals surface area contributed by atoms with Gasteiger partial charge in [0.15, 0.2) is 6.61 Å². The Hall–Kier alpha value is -3.56. The highest BCUT2D eigenvalue weighted by atomic mass is 31.2. The van der Waals surface area contributed by atoms with E-state index in [9.17, 15) is 38.5 Å². The first-order valence-corrected chi connectivity index (χ1v) is 15.8. The molecule has 17 heteroatoms. The molecule has 0 aliphatic heterocycles. The molecule has 0 bridgehead atoms. The van der Waals surface area contributed by atoms with Crippen LogP contribution < -0.4 is 31.5 Å². The normalized spacial score (nSPS) is 15.1. The lowest BCUT2D eigenvalue weighted by atomic mass is 9.98. The molecular formula is C27H44N5O11P. The standard InChI is InChI=1S/C27H44N5O11P/c1-4-17(3)24(32-44(40,41)43-5-2)26(37)31-21(25(36)29-15-23(34)35)14-18-9-11-19(12-10-18)42-16-22(33)30-20(27(38)39)8-6-7-13-28/h9-12,17,20-21,24H,4-8,13-16,28H2,1-3H3,(H,29,36)(H,30,33)(H,31,37)(H,34,35)(H,38,39)(H2,32,40,41)/t17-,20?,21?,24-/m0/s1. The van der Waals surface area contributed by atoms with Gasteiger partial charge in [-0.05, 0) is 56.3 Å². The van der Waals surface area contributed by atoms with Gasteiger partial charge in [0.1, 0.15) is 24.4 Å². The van der Waals surface area contributed by atoms with Gasteiger partial charge in [-0.25, -0.2) is 14.4 Å². The van der Waals surface area contributed by atoms with Crippen molar-refractivity contribution < 1.29 is 52.9 Å². The molecule has 248 valence electrons. The van der Waals surface area contributed by atoms with Crippen molar-refractivity contribution in [1.29, 1.82) is 0 Å². The predicted octanol–water partition coefficient (Wildman–Crippen LogP) is 0.133. The first kappa shape index (κ1) is 38.5. The maximum Gasteiger partial charge on any atom is 0.403 e. The maximum absolute atomic E-state index is 13.2. The van der Waals surface area contributed by atoms with E-state index in [4.69, 9.17) is 20.1 Å². The number of hydrogen-bond acceptors (Lipinski definition) is 9. The summed E-state index contributed by atoms with van der Waals surface area (Å²) in [5.41, 5.74) is 5.95. The molecule has 16 nitrogen and oxygen atoms in total. The van der Waals surface area contributed by atoms with Gasteiger partial charge < -0.3 is 41.5 Å². The molecule has 0 heterocycles. The van der Waals surface area contributed by atoms with Crippen LogP contribution in [-0.4, -0.2) is 89.2 Å². The molecule has 3 unspecified atom stereocenters. The number of rotatable bonds is 22. The second-order valence-corrected chi connectivity index (χ2v) is 11.5. The van der Waals surface area contributed by atoms with Crippen molar-refractivity contribution in [2.75, 3.05) is 26.3 Å². The highest BCUT2D eigenvalue weighted by Crippen LogP contribution is 2.38. The number of aliphatic carboxylic acids is 2. The number of carbonyl (C=O) groups is 5.